The summed E-state index contributed by atoms with van der Waals surface area (Å²) in [5.74, 6) is 0. The zero-order chi connectivity index (χ0) is 9.97. The molecule has 0 bridgehead atoms. The van der Waals surface area contributed by atoms with Crippen LogP contribution in [-0.4, -0.2) is 15.1 Å². The largest absolute Gasteiger partial charge is 0.314 e. The first kappa shape index (κ1) is 11.4. The summed E-state index contributed by atoms with van der Waals surface area (Å²) >= 11 is 0. The molecule has 1 aromatic carbocycles. The van der Waals surface area contributed by atoms with E-state index < -0.39 is 4.92 Å². The van der Waals surface area contributed by atoms with Crippen molar-refractivity contribution in [1.82, 2.24) is 10.2 Å². The van der Waals surface area contributed by atoms with Gasteiger partial charge in [-0.1, -0.05) is 30.3 Å². The van der Waals surface area contributed by atoms with Crippen LogP contribution in [-0.2, 0) is 17.1 Å². The van der Waals surface area contributed by atoms with Crippen molar-refractivity contribution < 1.29 is 22.0 Å². The summed E-state index contributed by atoms with van der Waals surface area (Å²) < 4.78 is 0. The van der Waals surface area contributed by atoms with E-state index in [9.17, 15) is 10.1 Å². The number of nitro groups is 1. The van der Waals surface area contributed by atoms with E-state index in [4.69, 9.17) is 0 Å². The number of benzene rings is 1. The van der Waals surface area contributed by atoms with E-state index in [1.54, 1.807) is 12.1 Å². The number of nitrogens with zero attached hydrogens (tertiary/aromatic N) is 2. The van der Waals surface area contributed by atoms with Crippen LogP contribution in [0.15, 0.2) is 36.5 Å². The summed E-state index contributed by atoms with van der Waals surface area (Å²) in [6.45, 7) is 0. The predicted molar refractivity (Wildman–Crippen MR) is 50.7 cm³/mol. The molecule has 0 aliphatic carbocycles. The summed E-state index contributed by atoms with van der Waals surface area (Å²) in [6, 6.07) is 9.04. The van der Waals surface area contributed by atoms with Crippen molar-refractivity contribution in [2.75, 3.05) is 0 Å². The van der Waals surface area contributed by atoms with Gasteiger partial charge in [0.2, 0.25) is 0 Å². The number of H-pyrrole nitrogens is 1. The van der Waals surface area contributed by atoms with Crippen LogP contribution >= 0.6 is 0 Å². The Morgan fingerprint density at radius 3 is 2.53 bits per heavy atom. The Morgan fingerprint density at radius 1 is 1.27 bits per heavy atom. The third kappa shape index (κ3) is 2.23. The zero-order valence-electron chi connectivity index (χ0n) is 7.53. The van der Waals surface area contributed by atoms with Crippen LogP contribution in [0.5, 0.6) is 0 Å². The summed E-state index contributed by atoms with van der Waals surface area (Å²) in [5.41, 5.74) is 1.10. The van der Waals surface area contributed by atoms with Crippen LogP contribution in [0, 0.1) is 10.1 Å². The minimum Gasteiger partial charge on any atom is -0.278 e. The molecule has 2 aromatic rings. The van der Waals surface area contributed by atoms with Crippen molar-refractivity contribution in [3.05, 3.63) is 46.6 Å². The van der Waals surface area contributed by atoms with Crippen LogP contribution in [0.1, 0.15) is 0 Å². The maximum Gasteiger partial charge on any atom is 0.314 e. The minimum absolute atomic E-state index is 0. The van der Waals surface area contributed by atoms with Gasteiger partial charge in [0.15, 0.2) is 5.69 Å². The Morgan fingerprint density at radius 2 is 1.93 bits per heavy atom. The summed E-state index contributed by atoms with van der Waals surface area (Å²) in [4.78, 5) is 10.1. The Balaban J connectivity index is 0.00000112. The van der Waals surface area contributed by atoms with E-state index in [1.165, 1.54) is 6.20 Å². The number of nitrogens with one attached hydrogen (secondary N) is 1. The van der Waals surface area contributed by atoms with Gasteiger partial charge in [-0.15, -0.1) is 0 Å². The monoisotopic (exact) mass is 245 g/mol. The molecular weight excluding hydrogens is 238 g/mol. The topological polar surface area (TPSA) is 71.8 Å². The average Bonchev–Trinajstić information content (AvgIpc) is 2.67. The van der Waals surface area contributed by atoms with Gasteiger partial charge in [-0.2, -0.15) is 5.10 Å². The smallest absolute Gasteiger partial charge is 0.278 e. The van der Waals surface area contributed by atoms with E-state index in [1.807, 2.05) is 18.2 Å². The van der Waals surface area contributed by atoms with Gasteiger partial charge < -0.3 is 0 Å². The molecule has 1 aromatic heterocycles. The first-order chi connectivity index (χ1) is 6.79. The molecule has 0 radical (unpaired) electrons. The summed E-state index contributed by atoms with van der Waals surface area (Å²) in [6.07, 6.45) is 1.28. The second-order valence-electron chi connectivity index (χ2n) is 2.74. The fourth-order valence-electron chi connectivity index (χ4n) is 1.23. The maximum absolute atomic E-state index is 10.6. The van der Waals surface area contributed by atoms with E-state index >= 15 is 0 Å². The number of aromatic amines is 1. The minimum atomic E-state index is -0.453. The fourth-order valence-corrected chi connectivity index (χ4v) is 1.23. The summed E-state index contributed by atoms with van der Waals surface area (Å²) in [5, 5.41) is 16.9. The van der Waals surface area contributed by atoms with Gasteiger partial charge in [-0.05, 0) is 0 Å². The number of hydrogen-bond donors (Lipinski definition) is 1. The SMILES string of the molecule is O=[N+]([O-])c1c[nH]nc1-c1ccccc1.[Fe]. The molecule has 5 nitrogen and oxygen atoms in total. The standard InChI is InChI=1S/C9H7N3O2.Fe/c13-12(14)8-6-10-11-9(8)7-4-2-1-3-5-7;/h1-6H,(H,10,11);. The van der Waals surface area contributed by atoms with Gasteiger partial charge >= 0.3 is 5.69 Å². The van der Waals surface area contributed by atoms with Gasteiger partial charge in [0.25, 0.3) is 0 Å². The molecule has 1 heterocycles. The second-order valence-corrected chi connectivity index (χ2v) is 2.74. The van der Waals surface area contributed by atoms with Gasteiger partial charge in [0.05, 0.1) is 4.92 Å². The maximum atomic E-state index is 10.6. The molecule has 0 spiro atoms. The molecule has 2 rings (SSSR count). The molecule has 15 heavy (non-hydrogen) atoms. The number of aromatic nitrogens is 2. The predicted octanol–water partition coefficient (Wildman–Crippen LogP) is 1.98. The van der Waals surface area contributed by atoms with Gasteiger partial charge in [0, 0.05) is 22.6 Å². The van der Waals surface area contributed by atoms with Crippen molar-refractivity contribution in [2.24, 2.45) is 0 Å². The molecule has 0 aliphatic rings. The van der Waals surface area contributed by atoms with Crippen LogP contribution in [0.2, 0.25) is 0 Å². The molecular formula is C9H7FeN3O2. The third-order valence-corrected chi connectivity index (χ3v) is 1.86. The van der Waals surface area contributed by atoms with E-state index in [0.717, 1.165) is 5.56 Å². The number of hydrogen-bond acceptors (Lipinski definition) is 3. The van der Waals surface area contributed by atoms with Crippen LogP contribution < -0.4 is 0 Å². The van der Waals surface area contributed by atoms with Crippen molar-refractivity contribution >= 4 is 5.69 Å². The molecule has 0 saturated heterocycles. The quantitative estimate of drug-likeness (QED) is 0.499. The molecule has 0 unspecified atom stereocenters. The zero-order valence-corrected chi connectivity index (χ0v) is 8.63. The summed E-state index contributed by atoms with van der Waals surface area (Å²) in [7, 11) is 0. The Labute approximate surface area is 96.1 Å². The van der Waals surface area contributed by atoms with Gasteiger partial charge in [-0.3, -0.25) is 15.2 Å². The fraction of sp³-hybridized carbons (Fsp3) is 0. The Kier molecular flexibility index (Phi) is 3.60. The molecule has 0 fully saturated rings. The van der Waals surface area contributed by atoms with Crippen LogP contribution in [0.3, 0.4) is 0 Å². The van der Waals surface area contributed by atoms with Crippen molar-refractivity contribution in [3.63, 3.8) is 0 Å². The molecule has 78 valence electrons. The van der Waals surface area contributed by atoms with Crippen molar-refractivity contribution in [1.29, 1.82) is 0 Å². The van der Waals surface area contributed by atoms with E-state index in [-0.39, 0.29) is 22.8 Å². The first-order valence-corrected chi connectivity index (χ1v) is 4.02. The Hall–Kier alpha value is -1.65. The van der Waals surface area contributed by atoms with Gasteiger partial charge in [0.1, 0.15) is 6.20 Å². The van der Waals surface area contributed by atoms with Crippen molar-refractivity contribution in [2.45, 2.75) is 0 Å². The normalized spacial score (nSPS) is 9.33. The average molecular weight is 245 g/mol. The third-order valence-electron chi connectivity index (χ3n) is 1.86. The molecule has 0 amide bonds. The van der Waals surface area contributed by atoms with Crippen molar-refractivity contribution in [3.8, 4) is 11.3 Å². The molecule has 6 heteroatoms. The van der Waals surface area contributed by atoms with Gasteiger partial charge in [-0.25, -0.2) is 0 Å². The van der Waals surface area contributed by atoms with Crippen LogP contribution in [0.25, 0.3) is 11.3 Å². The number of rotatable bonds is 2. The first-order valence-electron chi connectivity index (χ1n) is 4.02. The molecule has 0 saturated carbocycles. The molecule has 0 atom stereocenters. The second kappa shape index (κ2) is 4.72. The van der Waals surface area contributed by atoms with E-state index in [2.05, 4.69) is 10.2 Å². The molecule has 1 N–H and O–H groups in total. The Bertz CT molecular complexity index is 455. The molecule has 0 aliphatic heterocycles. The van der Waals surface area contributed by atoms with E-state index in [0.29, 0.717) is 5.69 Å². The van der Waals surface area contributed by atoms with Crippen LogP contribution in [0.4, 0.5) is 5.69 Å².